The predicted octanol–water partition coefficient (Wildman–Crippen LogP) is 2.07. The van der Waals surface area contributed by atoms with E-state index in [2.05, 4.69) is 13.5 Å². The summed E-state index contributed by atoms with van der Waals surface area (Å²) >= 11 is 1.85. The first kappa shape index (κ1) is 9.14. The summed E-state index contributed by atoms with van der Waals surface area (Å²) in [6.07, 6.45) is 1.99. The van der Waals surface area contributed by atoms with Gasteiger partial charge in [-0.1, -0.05) is 19.1 Å². The monoisotopic (exact) mass is 172 g/mol. The van der Waals surface area contributed by atoms with Crippen LogP contribution in [0.3, 0.4) is 0 Å². The van der Waals surface area contributed by atoms with Crippen LogP contribution in [0, 0.1) is 5.92 Å². The van der Waals surface area contributed by atoms with Gasteiger partial charge in [-0.25, -0.2) is 0 Å². The van der Waals surface area contributed by atoms with Gasteiger partial charge in [-0.3, -0.25) is 0 Å². The van der Waals surface area contributed by atoms with E-state index in [1.165, 1.54) is 5.57 Å². The van der Waals surface area contributed by atoms with Crippen LogP contribution < -0.4 is 0 Å². The number of hydrogen-bond donors (Lipinski definition) is 1. The summed E-state index contributed by atoms with van der Waals surface area (Å²) in [4.78, 5) is 0. The molecular weight excluding hydrogens is 156 g/mol. The maximum atomic E-state index is 9.47. The average molecular weight is 172 g/mol. The Labute approximate surface area is 72.9 Å². The predicted molar refractivity (Wildman–Crippen MR) is 50.9 cm³/mol. The summed E-state index contributed by atoms with van der Waals surface area (Å²) in [5.74, 6) is 2.51. The van der Waals surface area contributed by atoms with Crippen molar-refractivity contribution in [3.63, 3.8) is 0 Å². The molecule has 1 heterocycles. The summed E-state index contributed by atoms with van der Waals surface area (Å²) in [6, 6.07) is 0. The molecule has 0 radical (unpaired) electrons. The molecule has 0 aliphatic carbocycles. The fraction of sp³-hybridized carbons (Fsp3) is 0.778. The highest BCUT2D eigenvalue weighted by molar-refractivity contribution is 7.99. The largest absolute Gasteiger partial charge is 0.392 e. The molecule has 0 amide bonds. The third-order valence-corrected chi connectivity index (χ3v) is 3.46. The van der Waals surface area contributed by atoms with Crippen LogP contribution in [-0.4, -0.2) is 22.7 Å². The molecule has 1 saturated heterocycles. The molecule has 0 aromatic carbocycles. The van der Waals surface area contributed by atoms with E-state index in [4.69, 9.17) is 0 Å². The fourth-order valence-corrected chi connectivity index (χ4v) is 2.59. The van der Waals surface area contributed by atoms with Crippen LogP contribution in [0.1, 0.15) is 19.8 Å². The number of hydrogen-bond acceptors (Lipinski definition) is 2. The van der Waals surface area contributed by atoms with Crippen molar-refractivity contribution >= 4 is 11.8 Å². The maximum absolute atomic E-state index is 9.47. The van der Waals surface area contributed by atoms with Gasteiger partial charge in [0.25, 0.3) is 0 Å². The highest BCUT2D eigenvalue weighted by atomic mass is 32.2. The molecule has 64 valence electrons. The van der Waals surface area contributed by atoms with Gasteiger partial charge in [-0.15, -0.1) is 0 Å². The van der Waals surface area contributed by atoms with Gasteiger partial charge in [0.05, 0.1) is 6.10 Å². The average Bonchev–Trinajstić information content (AvgIpc) is 2.37. The van der Waals surface area contributed by atoms with Gasteiger partial charge in [0.2, 0.25) is 0 Å². The number of rotatable bonds is 3. The van der Waals surface area contributed by atoms with Crippen molar-refractivity contribution in [3.8, 4) is 0 Å². The van der Waals surface area contributed by atoms with Crippen LogP contribution >= 0.6 is 11.8 Å². The number of aliphatic hydroxyl groups excluding tert-OH is 1. The molecule has 1 fully saturated rings. The maximum Gasteiger partial charge on any atom is 0.0669 e. The van der Waals surface area contributed by atoms with Gasteiger partial charge in [0, 0.05) is 5.75 Å². The van der Waals surface area contributed by atoms with Crippen LogP contribution in [0.15, 0.2) is 12.2 Å². The Hall–Kier alpha value is 0.0500. The van der Waals surface area contributed by atoms with Crippen molar-refractivity contribution in [2.75, 3.05) is 11.5 Å². The van der Waals surface area contributed by atoms with Gasteiger partial charge < -0.3 is 5.11 Å². The Balaban J connectivity index is 2.30. The van der Waals surface area contributed by atoms with Crippen LogP contribution in [0.4, 0.5) is 0 Å². The lowest BCUT2D eigenvalue weighted by Crippen LogP contribution is -2.17. The van der Waals surface area contributed by atoms with Crippen LogP contribution in [0.5, 0.6) is 0 Å². The first-order chi connectivity index (χ1) is 5.24. The lowest BCUT2D eigenvalue weighted by atomic mass is 9.96. The molecular formula is C9H16OS. The van der Waals surface area contributed by atoms with Crippen LogP contribution in [0.2, 0.25) is 0 Å². The van der Waals surface area contributed by atoms with E-state index < -0.39 is 0 Å². The molecule has 0 aromatic rings. The standard InChI is InChI=1S/C9H16OS/c1-3-7(2)4-8-5-11-6-9(8)10/h8-10H,2-6H2,1H3. The summed E-state index contributed by atoms with van der Waals surface area (Å²) in [7, 11) is 0. The lowest BCUT2D eigenvalue weighted by molar-refractivity contribution is 0.149. The molecule has 2 unspecified atom stereocenters. The second-order valence-electron chi connectivity index (χ2n) is 3.17. The second kappa shape index (κ2) is 4.17. The van der Waals surface area contributed by atoms with Gasteiger partial charge in [0.15, 0.2) is 0 Å². The SMILES string of the molecule is C=C(CC)CC1CSCC1O. The lowest BCUT2D eigenvalue weighted by Gasteiger charge is -2.13. The zero-order chi connectivity index (χ0) is 8.27. The van der Waals surface area contributed by atoms with Crippen molar-refractivity contribution in [2.45, 2.75) is 25.9 Å². The Morgan fingerprint density at radius 3 is 2.82 bits per heavy atom. The highest BCUT2D eigenvalue weighted by Crippen LogP contribution is 2.29. The minimum absolute atomic E-state index is 0.0803. The minimum Gasteiger partial charge on any atom is -0.392 e. The topological polar surface area (TPSA) is 20.2 Å². The normalized spacial score (nSPS) is 30.7. The fourth-order valence-electron chi connectivity index (χ4n) is 1.30. The molecule has 1 aliphatic rings. The zero-order valence-corrected chi connectivity index (χ0v) is 7.86. The highest BCUT2D eigenvalue weighted by Gasteiger charge is 2.25. The zero-order valence-electron chi connectivity index (χ0n) is 7.05. The van der Waals surface area contributed by atoms with Crippen LogP contribution in [-0.2, 0) is 0 Å². The molecule has 0 spiro atoms. The molecule has 0 saturated carbocycles. The number of aliphatic hydroxyl groups is 1. The van der Waals surface area contributed by atoms with Crippen molar-refractivity contribution in [1.82, 2.24) is 0 Å². The van der Waals surface area contributed by atoms with Gasteiger partial charge in [-0.2, -0.15) is 11.8 Å². The van der Waals surface area contributed by atoms with E-state index >= 15 is 0 Å². The molecule has 1 N–H and O–H groups in total. The Bertz CT molecular complexity index is 144. The number of thioether (sulfide) groups is 1. The summed E-state index contributed by atoms with van der Waals surface area (Å²) < 4.78 is 0. The summed E-state index contributed by atoms with van der Waals surface area (Å²) in [5.41, 5.74) is 1.27. The van der Waals surface area contributed by atoms with E-state index in [1.54, 1.807) is 0 Å². The number of allylic oxidation sites excluding steroid dienone is 1. The van der Waals surface area contributed by atoms with Gasteiger partial charge in [0.1, 0.15) is 0 Å². The van der Waals surface area contributed by atoms with Crippen molar-refractivity contribution in [3.05, 3.63) is 12.2 Å². The van der Waals surface area contributed by atoms with E-state index in [1.807, 2.05) is 11.8 Å². The third-order valence-electron chi connectivity index (χ3n) is 2.22. The first-order valence-electron chi connectivity index (χ1n) is 4.16. The molecule has 1 rings (SSSR count). The summed E-state index contributed by atoms with van der Waals surface area (Å²) in [6.45, 7) is 6.07. The smallest absolute Gasteiger partial charge is 0.0669 e. The van der Waals surface area contributed by atoms with Crippen molar-refractivity contribution in [1.29, 1.82) is 0 Å². The van der Waals surface area contributed by atoms with Gasteiger partial charge >= 0.3 is 0 Å². The molecule has 0 bridgehead atoms. The van der Waals surface area contributed by atoms with E-state index in [9.17, 15) is 5.11 Å². The molecule has 2 heteroatoms. The molecule has 1 aliphatic heterocycles. The molecule has 1 nitrogen and oxygen atoms in total. The van der Waals surface area contributed by atoms with Crippen molar-refractivity contribution in [2.24, 2.45) is 5.92 Å². The second-order valence-corrected chi connectivity index (χ2v) is 4.25. The Morgan fingerprint density at radius 2 is 2.36 bits per heavy atom. The molecule has 0 aromatic heterocycles. The van der Waals surface area contributed by atoms with E-state index in [0.29, 0.717) is 5.92 Å². The first-order valence-corrected chi connectivity index (χ1v) is 5.32. The minimum atomic E-state index is -0.0803. The van der Waals surface area contributed by atoms with E-state index in [-0.39, 0.29) is 6.10 Å². The molecule has 11 heavy (non-hydrogen) atoms. The third kappa shape index (κ3) is 2.53. The quantitative estimate of drug-likeness (QED) is 0.658. The summed E-state index contributed by atoms with van der Waals surface area (Å²) in [5, 5.41) is 9.47. The Kier molecular flexibility index (Phi) is 3.46. The van der Waals surface area contributed by atoms with E-state index in [0.717, 1.165) is 24.3 Å². The molecule has 2 atom stereocenters. The van der Waals surface area contributed by atoms with Gasteiger partial charge in [-0.05, 0) is 24.5 Å². The van der Waals surface area contributed by atoms with Crippen LogP contribution in [0.25, 0.3) is 0 Å². The van der Waals surface area contributed by atoms with Crippen molar-refractivity contribution < 1.29 is 5.11 Å². The Morgan fingerprint density at radius 1 is 1.64 bits per heavy atom.